The van der Waals surface area contributed by atoms with E-state index in [1.54, 1.807) is 27.8 Å². The lowest BCUT2D eigenvalue weighted by atomic mass is 9.99. The first kappa shape index (κ1) is 20.8. The standard InChI is InChI=1S/C20H19F3N6O2/c1-9-15(18-24-10(2)16-19(31)25-11(3)27-29(16)18)17(28(4)26-9)12-5-6-14(20(21,22)23)13(7-12)8-30/h5-7,30H,8H2,1-4H3,(H,25,27,31). The highest BCUT2D eigenvalue weighted by molar-refractivity contribution is 5.82. The van der Waals surface area contributed by atoms with Crippen molar-refractivity contribution in [3.63, 3.8) is 0 Å². The summed E-state index contributed by atoms with van der Waals surface area (Å²) in [5.74, 6) is 0.740. The molecule has 0 fully saturated rings. The zero-order chi connectivity index (χ0) is 22.7. The maximum absolute atomic E-state index is 13.3. The summed E-state index contributed by atoms with van der Waals surface area (Å²) in [4.78, 5) is 19.6. The Hall–Kier alpha value is -3.47. The molecule has 8 nitrogen and oxygen atoms in total. The van der Waals surface area contributed by atoms with Crippen LogP contribution in [-0.2, 0) is 19.8 Å². The van der Waals surface area contributed by atoms with Crippen LogP contribution >= 0.6 is 0 Å². The number of aliphatic hydroxyl groups is 1. The van der Waals surface area contributed by atoms with Gasteiger partial charge in [0.2, 0.25) is 0 Å². The fourth-order valence-electron chi connectivity index (χ4n) is 3.84. The number of aryl methyl sites for hydroxylation is 4. The summed E-state index contributed by atoms with van der Waals surface area (Å²) in [6.07, 6.45) is -4.58. The molecule has 2 N–H and O–H groups in total. The third-order valence-electron chi connectivity index (χ3n) is 5.09. The Balaban J connectivity index is 2.02. The lowest BCUT2D eigenvalue weighted by Gasteiger charge is -2.14. The molecule has 0 radical (unpaired) electrons. The van der Waals surface area contributed by atoms with E-state index in [9.17, 15) is 23.1 Å². The minimum Gasteiger partial charge on any atom is -0.392 e. The molecule has 0 saturated heterocycles. The number of hydrogen-bond donors (Lipinski definition) is 2. The number of benzene rings is 1. The van der Waals surface area contributed by atoms with E-state index in [2.05, 4.69) is 20.2 Å². The Morgan fingerprint density at radius 1 is 1.13 bits per heavy atom. The molecule has 0 spiro atoms. The number of nitrogens with zero attached hydrogens (tertiary/aromatic N) is 5. The molecule has 3 heterocycles. The van der Waals surface area contributed by atoms with Crippen molar-refractivity contribution in [2.24, 2.45) is 7.05 Å². The van der Waals surface area contributed by atoms with Crippen LogP contribution in [0.25, 0.3) is 28.2 Å². The molecule has 0 saturated carbocycles. The fourth-order valence-corrected chi connectivity index (χ4v) is 3.84. The van der Waals surface area contributed by atoms with Crippen LogP contribution in [0.1, 0.15) is 28.3 Å². The summed E-state index contributed by atoms with van der Waals surface area (Å²) in [6.45, 7) is 4.29. The average molecular weight is 432 g/mol. The summed E-state index contributed by atoms with van der Waals surface area (Å²) < 4.78 is 42.8. The molecule has 3 aromatic heterocycles. The Morgan fingerprint density at radius 2 is 1.84 bits per heavy atom. The molecule has 0 atom stereocenters. The first-order valence-corrected chi connectivity index (χ1v) is 9.34. The van der Waals surface area contributed by atoms with Gasteiger partial charge in [-0.15, -0.1) is 0 Å². The van der Waals surface area contributed by atoms with Crippen LogP contribution in [-0.4, -0.2) is 34.5 Å². The summed E-state index contributed by atoms with van der Waals surface area (Å²) >= 11 is 0. The maximum Gasteiger partial charge on any atom is 0.416 e. The van der Waals surface area contributed by atoms with Crippen molar-refractivity contribution in [3.05, 3.63) is 56.9 Å². The lowest BCUT2D eigenvalue weighted by molar-refractivity contribution is -0.138. The molecule has 31 heavy (non-hydrogen) atoms. The Bertz CT molecular complexity index is 1380. The van der Waals surface area contributed by atoms with Crippen molar-refractivity contribution < 1.29 is 18.3 Å². The summed E-state index contributed by atoms with van der Waals surface area (Å²) in [5.41, 5.74) is 1.26. The zero-order valence-corrected chi connectivity index (χ0v) is 17.2. The number of aromatic nitrogens is 6. The van der Waals surface area contributed by atoms with Gasteiger partial charge in [0.25, 0.3) is 5.56 Å². The molecule has 0 unspecified atom stereocenters. The second-order valence-electron chi connectivity index (χ2n) is 7.28. The number of alkyl halides is 3. The van der Waals surface area contributed by atoms with E-state index in [1.807, 2.05) is 0 Å². The molecule has 0 bridgehead atoms. The van der Waals surface area contributed by atoms with Crippen LogP contribution in [0.2, 0.25) is 0 Å². The molecule has 4 rings (SSSR count). The minimum atomic E-state index is -4.58. The van der Waals surface area contributed by atoms with E-state index in [0.29, 0.717) is 39.9 Å². The lowest BCUT2D eigenvalue weighted by Crippen LogP contribution is -2.15. The van der Waals surface area contributed by atoms with E-state index in [0.717, 1.165) is 6.07 Å². The molecule has 0 amide bonds. The second kappa shape index (κ2) is 7.05. The van der Waals surface area contributed by atoms with Crippen LogP contribution in [0, 0.1) is 20.8 Å². The van der Waals surface area contributed by atoms with Gasteiger partial charge in [0.05, 0.1) is 34.8 Å². The number of aliphatic hydroxyl groups excluding tert-OH is 1. The van der Waals surface area contributed by atoms with Gasteiger partial charge in [-0.1, -0.05) is 6.07 Å². The summed E-state index contributed by atoms with van der Waals surface area (Å²) in [7, 11) is 1.66. The molecule has 0 aliphatic carbocycles. The Kier molecular flexibility index (Phi) is 4.73. The maximum atomic E-state index is 13.3. The van der Waals surface area contributed by atoms with Gasteiger partial charge >= 0.3 is 6.18 Å². The van der Waals surface area contributed by atoms with Gasteiger partial charge in [-0.25, -0.2) is 9.50 Å². The monoisotopic (exact) mass is 432 g/mol. The predicted molar refractivity (Wildman–Crippen MR) is 106 cm³/mol. The van der Waals surface area contributed by atoms with Gasteiger partial charge < -0.3 is 10.1 Å². The normalized spacial score (nSPS) is 12.1. The van der Waals surface area contributed by atoms with Crippen LogP contribution in [0.4, 0.5) is 13.2 Å². The van der Waals surface area contributed by atoms with E-state index < -0.39 is 18.3 Å². The molecule has 0 aliphatic heterocycles. The smallest absolute Gasteiger partial charge is 0.392 e. The largest absolute Gasteiger partial charge is 0.416 e. The summed E-state index contributed by atoms with van der Waals surface area (Å²) in [5, 5.41) is 18.3. The highest BCUT2D eigenvalue weighted by Gasteiger charge is 2.33. The molecule has 4 aromatic rings. The van der Waals surface area contributed by atoms with Crippen molar-refractivity contribution in [1.29, 1.82) is 0 Å². The Morgan fingerprint density at radius 3 is 2.48 bits per heavy atom. The summed E-state index contributed by atoms with van der Waals surface area (Å²) in [6, 6.07) is 3.56. The highest BCUT2D eigenvalue weighted by Crippen LogP contribution is 2.38. The average Bonchev–Trinajstić information content (AvgIpc) is 3.15. The molecule has 1 aromatic carbocycles. The number of halogens is 3. The van der Waals surface area contributed by atoms with Crippen molar-refractivity contribution in [1.82, 2.24) is 29.4 Å². The van der Waals surface area contributed by atoms with Gasteiger partial charge in [-0.2, -0.15) is 23.4 Å². The number of fused-ring (bicyclic) bond motifs is 1. The molecule has 162 valence electrons. The fraction of sp³-hybridized carbons (Fsp3) is 0.300. The highest BCUT2D eigenvalue weighted by atomic mass is 19.4. The van der Waals surface area contributed by atoms with Gasteiger partial charge in [-0.3, -0.25) is 9.48 Å². The van der Waals surface area contributed by atoms with Crippen molar-refractivity contribution >= 4 is 5.52 Å². The number of hydrogen-bond acceptors (Lipinski definition) is 5. The minimum absolute atomic E-state index is 0.246. The predicted octanol–water partition coefficient (Wildman–Crippen LogP) is 2.92. The van der Waals surface area contributed by atoms with Crippen molar-refractivity contribution in [2.45, 2.75) is 33.6 Å². The van der Waals surface area contributed by atoms with Crippen LogP contribution < -0.4 is 5.56 Å². The van der Waals surface area contributed by atoms with E-state index >= 15 is 0 Å². The number of rotatable bonds is 3. The van der Waals surface area contributed by atoms with Crippen LogP contribution in [0.3, 0.4) is 0 Å². The first-order valence-electron chi connectivity index (χ1n) is 9.34. The van der Waals surface area contributed by atoms with Gasteiger partial charge in [0.1, 0.15) is 5.82 Å². The molecule has 11 heteroatoms. The number of aromatic amines is 1. The first-order chi connectivity index (χ1) is 14.5. The number of nitrogens with one attached hydrogen (secondary N) is 1. The van der Waals surface area contributed by atoms with Gasteiger partial charge in [-0.05, 0) is 38.5 Å². The SMILES string of the molecule is Cc1nn2c(-c3c(C)nn(C)c3-c3ccc(C(F)(F)F)c(CO)c3)nc(C)c2c(=O)[nH]1. The van der Waals surface area contributed by atoms with Gasteiger partial charge in [0, 0.05) is 12.6 Å². The molecule has 0 aliphatic rings. The van der Waals surface area contributed by atoms with Gasteiger partial charge in [0.15, 0.2) is 11.3 Å². The van der Waals surface area contributed by atoms with Crippen molar-refractivity contribution in [3.8, 4) is 22.6 Å². The third kappa shape index (κ3) is 3.30. The van der Waals surface area contributed by atoms with Crippen LogP contribution in [0.5, 0.6) is 0 Å². The quantitative estimate of drug-likeness (QED) is 0.519. The van der Waals surface area contributed by atoms with Crippen molar-refractivity contribution in [2.75, 3.05) is 0 Å². The third-order valence-corrected chi connectivity index (χ3v) is 5.09. The molecular formula is C20H19F3N6O2. The zero-order valence-electron chi connectivity index (χ0n) is 17.2. The molecular weight excluding hydrogens is 413 g/mol. The topological polar surface area (TPSA) is 101 Å². The van der Waals surface area contributed by atoms with Crippen LogP contribution in [0.15, 0.2) is 23.0 Å². The second-order valence-corrected chi connectivity index (χ2v) is 7.28. The van der Waals surface area contributed by atoms with E-state index in [-0.39, 0.29) is 16.6 Å². The Labute approximate surface area is 174 Å². The number of imidazole rings is 1. The number of H-pyrrole nitrogens is 1. The van der Waals surface area contributed by atoms with E-state index in [1.165, 1.54) is 21.3 Å². The van der Waals surface area contributed by atoms with E-state index in [4.69, 9.17) is 0 Å².